The number of amides is 1. The number of aromatic amines is 1. The molecule has 114 valence electrons. The molecular formula is C14H18ClN3O2S. The van der Waals surface area contributed by atoms with Crippen molar-refractivity contribution in [2.75, 3.05) is 40.4 Å². The minimum absolute atomic E-state index is 0.0182. The number of carbonyl (C=O) groups is 1. The minimum Gasteiger partial charge on any atom is -0.377 e. The van der Waals surface area contributed by atoms with Gasteiger partial charge in [0.1, 0.15) is 5.69 Å². The van der Waals surface area contributed by atoms with Gasteiger partial charge in [0.25, 0.3) is 5.91 Å². The summed E-state index contributed by atoms with van der Waals surface area (Å²) in [6, 6.07) is 1.97. The van der Waals surface area contributed by atoms with E-state index in [4.69, 9.17) is 16.3 Å². The molecular weight excluding hydrogens is 310 g/mol. The van der Waals surface area contributed by atoms with E-state index in [0.29, 0.717) is 30.5 Å². The fraction of sp³-hybridized carbons (Fsp3) is 0.500. The van der Waals surface area contributed by atoms with Crippen LogP contribution in [0.5, 0.6) is 0 Å². The van der Waals surface area contributed by atoms with Crippen molar-refractivity contribution in [2.45, 2.75) is 6.04 Å². The monoisotopic (exact) mass is 327 g/mol. The summed E-state index contributed by atoms with van der Waals surface area (Å²) in [6.45, 7) is 2.59. The Morgan fingerprint density at radius 3 is 3.14 bits per heavy atom. The van der Waals surface area contributed by atoms with Gasteiger partial charge in [0, 0.05) is 18.5 Å². The molecule has 7 heteroatoms. The third-order valence-corrected chi connectivity index (χ3v) is 4.96. The van der Waals surface area contributed by atoms with Crippen LogP contribution in [0.2, 0.25) is 5.02 Å². The van der Waals surface area contributed by atoms with Crippen molar-refractivity contribution >= 4 is 39.1 Å². The molecule has 2 aromatic heterocycles. The zero-order chi connectivity index (χ0) is 15.0. The van der Waals surface area contributed by atoms with Crippen LogP contribution >= 0.6 is 22.9 Å². The second kappa shape index (κ2) is 5.96. The summed E-state index contributed by atoms with van der Waals surface area (Å²) in [7, 11) is 4.00. The van der Waals surface area contributed by atoms with Crippen LogP contribution in [0.4, 0.5) is 0 Å². The lowest BCUT2D eigenvalue weighted by Crippen LogP contribution is -2.52. The number of carbonyl (C=O) groups excluding carboxylic acids is 1. The van der Waals surface area contributed by atoms with Gasteiger partial charge in [0.2, 0.25) is 0 Å². The standard InChI is InChI=1S/C14H18ClN3O2S/c1-17(2)6-9-7-20-4-3-18(9)14(19)11-5-12-13(16-11)10(15)8-21-12/h5,8-9,16H,3-4,6-7H2,1-2H3. The molecule has 0 bridgehead atoms. The van der Waals surface area contributed by atoms with Gasteiger partial charge >= 0.3 is 0 Å². The van der Waals surface area contributed by atoms with E-state index >= 15 is 0 Å². The smallest absolute Gasteiger partial charge is 0.270 e. The molecule has 0 aromatic carbocycles. The number of halogens is 1. The number of thiophene rings is 1. The molecule has 1 saturated heterocycles. The molecule has 5 nitrogen and oxygen atoms in total. The normalized spacial score (nSPS) is 19.6. The third-order valence-electron chi connectivity index (χ3n) is 3.60. The van der Waals surface area contributed by atoms with E-state index in [2.05, 4.69) is 9.88 Å². The molecule has 1 amide bonds. The maximum absolute atomic E-state index is 12.8. The minimum atomic E-state index is 0.0182. The summed E-state index contributed by atoms with van der Waals surface area (Å²) in [4.78, 5) is 19.9. The van der Waals surface area contributed by atoms with E-state index in [9.17, 15) is 4.79 Å². The number of aromatic nitrogens is 1. The van der Waals surface area contributed by atoms with Gasteiger partial charge in [0.05, 0.1) is 34.5 Å². The lowest BCUT2D eigenvalue weighted by molar-refractivity contribution is -0.00854. The number of hydrogen-bond acceptors (Lipinski definition) is 4. The Morgan fingerprint density at radius 1 is 1.62 bits per heavy atom. The first-order valence-electron chi connectivity index (χ1n) is 6.85. The number of H-pyrrole nitrogens is 1. The van der Waals surface area contributed by atoms with E-state index in [1.165, 1.54) is 0 Å². The molecule has 1 aliphatic heterocycles. The van der Waals surface area contributed by atoms with Crippen molar-refractivity contribution in [1.82, 2.24) is 14.8 Å². The van der Waals surface area contributed by atoms with Crippen molar-refractivity contribution in [3.8, 4) is 0 Å². The quantitative estimate of drug-likeness (QED) is 0.941. The summed E-state index contributed by atoms with van der Waals surface area (Å²) in [5.41, 5.74) is 1.45. The molecule has 0 spiro atoms. The van der Waals surface area contributed by atoms with Gasteiger partial charge in [-0.3, -0.25) is 4.79 Å². The van der Waals surface area contributed by atoms with Crippen LogP contribution in [0.1, 0.15) is 10.5 Å². The van der Waals surface area contributed by atoms with E-state index in [0.717, 1.165) is 16.8 Å². The molecule has 1 fully saturated rings. The highest BCUT2D eigenvalue weighted by Crippen LogP contribution is 2.30. The van der Waals surface area contributed by atoms with Crippen LogP contribution in [0, 0.1) is 0 Å². The van der Waals surface area contributed by atoms with Gasteiger partial charge in [0.15, 0.2) is 0 Å². The number of hydrogen-bond donors (Lipinski definition) is 1. The largest absolute Gasteiger partial charge is 0.377 e. The number of fused-ring (bicyclic) bond motifs is 1. The molecule has 0 aliphatic carbocycles. The summed E-state index contributed by atoms with van der Waals surface area (Å²) in [5.74, 6) is 0.0182. The first-order valence-corrected chi connectivity index (χ1v) is 8.11. The molecule has 21 heavy (non-hydrogen) atoms. The molecule has 1 aliphatic rings. The fourth-order valence-electron chi connectivity index (χ4n) is 2.64. The number of likely N-dealkylation sites (N-methyl/N-ethyl adjacent to an activating group) is 1. The second-order valence-electron chi connectivity index (χ2n) is 5.50. The predicted molar refractivity (Wildman–Crippen MR) is 85.4 cm³/mol. The van der Waals surface area contributed by atoms with Crippen molar-refractivity contribution in [1.29, 1.82) is 0 Å². The van der Waals surface area contributed by atoms with Crippen molar-refractivity contribution < 1.29 is 9.53 Å². The average Bonchev–Trinajstić information content (AvgIpc) is 3.01. The lowest BCUT2D eigenvalue weighted by Gasteiger charge is -2.36. The topological polar surface area (TPSA) is 48.6 Å². The Balaban J connectivity index is 1.84. The van der Waals surface area contributed by atoms with Crippen LogP contribution in [-0.4, -0.2) is 67.1 Å². The Kier molecular flexibility index (Phi) is 4.21. The van der Waals surface area contributed by atoms with Gasteiger partial charge in [-0.05, 0) is 20.2 Å². The Morgan fingerprint density at radius 2 is 2.43 bits per heavy atom. The summed E-state index contributed by atoms with van der Waals surface area (Å²) < 4.78 is 6.53. The second-order valence-corrected chi connectivity index (χ2v) is 6.81. The molecule has 2 aromatic rings. The number of rotatable bonds is 3. The number of ether oxygens (including phenoxy) is 1. The average molecular weight is 328 g/mol. The maximum Gasteiger partial charge on any atom is 0.270 e. The molecule has 1 N–H and O–H groups in total. The first-order chi connectivity index (χ1) is 10.1. The maximum atomic E-state index is 12.8. The number of morpholine rings is 1. The van der Waals surface area contributed by atoms with Gasteiger partial charge in [-0.15, -0.1) is 11.3 Å². The SMILES string of the molecule is CN(C)CC1COCCN1C(=O)c1cc2scc(Cl)c2[nH]1. The Hall–Kier alpha value is -1.08. The van der Waals surface area contributed by atoms with E-state index in [-0.39, 0.29) is 11.9 Å². The van der Waals surface area contributed by atoms with Crippen LogP contribution in [-0.2, 0) is 4.74 Å². The highest BCUT2D eigenvalue weighted by molar-refractivity contribution is 7.17. The van der Waals surface area contributed by atoms with Gasteiger partial charge in [-0.1, -0.05) is 11.6 Å². The van der Waals surface area contributed by atoms with Gasteiger partial charge in [-0.2, -0.15) is 0 Å². The zero-order valence-corrected chi connectivity index (χ0v) is 13.6. The van der Waals surface area contributed by atoms with Crippen LogP contribution in [0.3, 0.4) is 0 Å². The van der Waals surface area contributed by atoms with Crippen LogP contribution in [0.15, 0.2) is 11.4 Å². The molecule has 3 rings (SSSR count). The van der Waals surface area contributed by atoms with E-state index < -0.39 is 0 Å². The fourth-order valence-corrected chi connectivity index (χ4v) is 3.80. The molecule has 1 unspecified atom stereocenters. The zero-order valence-electron chi connectivity index (χ0n) is 12.1. The summed E-state index contributed by atoms with van der Waals surface area (Å²) in [5, 5.41) is 2.54. The van der Waals surface area contributed by atoms with Crippen LogP contribution < -0.4 is 0 Å². The number of nitrogens with one attached hydrogen (secondary N) is 1. The third kappa shape index (κ3) is 2.94. The first kappa shape index (κ1) is 14.8. The van der Waals surface area contributed by atoms with E-state index in [1.807, 2.05) is 30.4 Å². The molecule has 1 atom stereocenters. The molecule has 3 heterocycles. The van der Waals surface area contributed by atoms with Crippen LogP contribution in [0.25, 0.3) is 10.2 Å². The lowest BCUT2D eigenvalue weighted by atomic mass is 10.2. The van der Waals surface area contributed by atoms with Crippen molar-refractivity contribution in [3.63, 3.8) is 0 Å². The van der Waals surface area contributed by atoms with Crippen molar-refractivity contribution in [3.05, 3.63) is 22.2 Å². The summed E-state index contributed by atoms with van der Waals surface area (Å²) in [6.07, 6.45) is 0. The highest BCUT2D eigenvalue weighted by Gasteiger charge is 2.29. The molecule has 0 saturated carbocycles. The Bertz CT molecular complexity index is 652. The summed E-state index contributed by atoms with van der Waals surface area (Å²) >= 11 is 7.64. The predicted octanol–water partition coefficient (Wildman–Crippen LogP) is 2.29. The highest BCUT2D eigenvalue weighted by atomic mass is 35.5. The van der Waals surface area contributed by atoms with E-state index in [1.54, 1.807) is 11.3 Å². The van der Waals surface area contributed by atoms with Gasteiger partial charge < -0.3 is 19.5 Å². The van der Waals surface area contributed by atoms with Gasteiger partial charge in [-0.25, -0.2) is 0 Å². The van der Waals surface area contributed by atoms with Crippen molar-refractivity contribution in [2.24, 2.45) is 0 Å². The molecule has 0 radical (unpaired) electrons. The number of nitrogens with zero attached hydrogens (tertiary/aromatic N) is 2. The Labute approximate surface area is 132 Å².